The Hall–Kier alpha value is -0.470. The van der Waals surface area contributed by atoms with Crippen molar-refractivity contribution in [2.24, 2.45) is 0 Å². The van der Waals surface area contributed by atoms with Crippen LogP contribution in [-0.4, -0.2) is 7.11 Å². The Balaban J connectivity index is 2.61. The summed E-state index contributed by atoms with van der Waals surface area (Å²) in [6.45, 7) is 0. The monoisotopic (exact) mass is 139 g/mol. The van der Waals surface area contributed by atoms with E-state index in [0.717, 1.165) is 4.90 Å². The number of benzene rings is 1. The van der Waals surface area contributed by atoms with Gasteiger partial charge in [-0.2, -0.15) is 0 Å². The Bertz CT molecular complexity index is 162. The van der Waals surface area contributed by atoms with Crippen molar-refractivity contribution < 1.29 is 4.18 Å². The molecule has 0 aliphatic heterocycles. The summed E-state index contributed by atoms with van der Waals surface area (Å²) in [5.41, 5.74) is 0. The zero-order chi connectivity index (χ0) is 6.53. The number of hydrogen-bond acceptors (Lipinski definition) is 2. The molecule has 0 fully saturated rings. The van der Waals surface area contributed by atoms with Gasteiger partial charge >= 0.3 is 0 Å². The van der Waals surface area contributed by atoms with E-state index in [0.29, 0.717) is 0 Å². The first-order valence-electron chi connectivity index (χ1n) is 2.60. The fourth-order valence-corrected chi connectivity index (χ4v) is 0.963. The van der Waals surface area contributed by atoms with Crippen LogP contribution in [0.5, 0.6) is 0 Å². The molecule has 0 saturated heterocycles. The Labute approximate surface area is 59.2 Å². The van der Waals surface area contributed by atoms with Gasteiger partial charge in [0.15, 0.2) is 0 Å². The molecule has 9 heavy (non-hydrogen) atoms. The average Bonchev–Trinajstić information content (AvgIpc) is 1.91. The Morgan fingerprint density at radius 1 is 1.44 bits per heavy atom. The molecule has 1 aromatic carbocycles. The highest BCUT2D eigenvalue weighted by molar-refractivity contribution is 7.94. The van der Waals surface area contributed by atoms with Crippen LogP contribution in [0.15, 0.2) is 29.2 Å². The lowest BCUT2D eigenvalue weighted by atomic mass is 10.4. The highest BCUT2D eigenvalue weighted by Gasteiger charge is 1.86. The molecular formula is C7H7OS. The highest BCUT2D eigenvalue weighted by atomic mass is 32.2. The van der Waals surface area contributed by atoms with Gasteiger partial charge in [0.2, 0.25) is 0 Å². The van der Waals surface area contributed by atoms with Gasteiger partial charge in [-0.05, 0) is 18.2 Å². The van der Waals surface area contributed by atoms with Gasteiger partial charge in [0.05, 0.1) is 7.11 Å². The molecule has 0 heterocycles. The van der Waals surface area contributed by atoms with E-state index in [-0.39, 0.29) is 0 Å². The van der Waals surface area contributed by atoms with Crippen LogP contribution in [0.25, 0.3) is 0 Å². The van der Waals surface area contributed by atoms with Crippen molar-refractivity contribution in [3.8, 4) is 0 Å². The first kappa shape index (κ1) is 6.65. The van der Waals surface area contributed by atoms with Crippen LogP contribution >= 0.6 is 12.0 Å². The lowest BCUT2D eigenvalue weighted by Crippen LogP contribution is -1.68. The molecule has 1 radical (unpaired) electrons. The molecule has 0 saturated carbocycles. The lowest BCUT2D eigenvalue weighted by Gasteiger charge is -1.93. The lowest BCUT2D eigenvalue weighted by molar-refractivity contribution is 0.490. The first-order valence-corrected chi connectivity index (χ1v) is 3.34. The second kappa shape index (κ2) is 3.54. The molecule has 0 bridgehead atoms. The third-order valence-corrected chi connectivity index (χ3v) is 1.50. The van der Waals surface area contributed by atoms with Crippen molar-refractivity contribution in [3.05, 3.63) is 30.3 Å². The van der Waals surface area contributed by atoms with Crippen molar-refractivity contribution in [1.82, 2.24) is 0 Å². The summed E-state index contributed by atoms with van der Waals surface area (Å²) in [5, 5.41) is 0. The molecule has 0 spiro atoms. The van der Waals surface area contributed by atoms with Gasteiger partial charge < -0.3 is 4.18 Å². The fraction of sp³-hybridized carbons (Fsp3) is 0.143. The summed E-state index contributed by atoms with van der Waals surface area (Å²) in [4.78, 5) is 1.11. The molecule has 0 atom stereocenters. The third kappa shape index (κ3) is 2.08. The van der Waals surface area contributed by atoms with E-state index in [4.69, 9.17) is 4.18 Å². The van der Waals surface area contributed by atoms with Crippen LogP contribution in [0.1, 0.15) is 0 Å². The van der Waals surface area contributed by atoms with Crippen molar-refractivity contribution in [2.75, 3.05) is 7.11 Å². The van der Waals surface area contributed by atoms with Gasteiger partial charge in [-0.1, -0.05) is 12.1 Å². The van der Waals surface area contributed by atoms with Crippen molar-refractivity contribution >= 4 is 12.0 Å². The molecule has 0 unspecified atom stereocenters. The fourth-order valence-electron chi connectivity index (χ4n) is 0.523. The van der Waals surface area contributed by atoms with Crippen molar-refractivity contribution in [1.29, 1.82) is 0 Å². The van der Waals surface area contributed by atoms with Crippen LogP contribution in [0.2, 0.25) is 0 Å². The predicted octanol–water partition coefficient (Wildman–Crippen LogP) is 2.14. The summed E-state index contributed by atoms with van der Waals surface area (Å²) < 4.78 is 4.83. The summed E-state index contributed by atoms with van der Waals surface area (Å²) in [6, 6.07) is 10.6. The SMILES string of the molecule is COSc1cc[c]cc1. The van der Waals surface area contributed by atoms with Crippen LogP contribution in [0, 0.1) is 6.07 Å². The van der Waals surface area contributed by atoms with E-state index < -0.39 is 0 Å². The largest absolute Gasteiger partial charge is 0.314 e. The van der Waals surface area contributed by atoms with E-state index in [2.05, 4.69) is 6.07 Å². The molecule has 1 rings (SSSR count). The topological polar surface area (TPSA) is 9.23 Å². The van der Waals surface area contributed by atoms with Crippen LogP contribution < -0.4 is 0 Å². The van der Waals surface area contributed by atoms with Gasteiger partial charge in [0, 0.05) is 16.9 Å². The molecule has 0 N–H and O–H groups in total. The Morgan fingerprint density at radius 3 is 2.67 bits per heavy atom. The maximum Gasteiger partial charge on any atom is 0.0508 e. The molecule has 0 aliphatic carbocycles. The smallest absolute Gasteiger partial charge is 0.0508 e. The van der Waals surface area contributed by atoms with Crippen LogP contribution in [0.3, 0.4) is 0 Å². The van der Waals surface area contributed by atoms with Gasteiger partial charge in [0.25, 0.3) is 0 Å². The molecule has 0 aliphatic rings. The molecule has 0 aromatic heterocycles. The average molecular weight is 139 g/mol. The zero-order valence-corrected chi connectivity index (χ0v) is 5.94. The number of hydrogen-bond donors (Lipinski definition) is 0. The van der Waals surface area contributed by atoms with E-state index in [1.165, 1.54) is 12.0 Å². The number of rotatable bonds is 2. The molecule has 47 valence electrons. The predicted molar refractivity (Wildman–Crippen MR) is 38.1 cm³/mol. The summed E-state index contributed by atoms with van der Waals surface area (Å²) in [6.07, 6.45) is 0. The maximum atomic E-state index is 4.83. The molecule has 1 nitrogen and oxygen atoms in total. The highest BCUT2D eigenvalue weighted by Crippen LogP contribution is 2.15. The maximum absolute atomic E-state index is 4.83. The van der Waals surface area contributed by atoms with Crippen LogP contribution in [-0.2, 0) is 4.18 Å². The second-order valence-corrected chi connectivity index (χ2v) is 2.46. The zero-order valence-electron chi connectivity index (χ0n) is 5.13. The molecular weight excluding hydrogens is 132 g/mol. The minimum absolute atomic E-state index is 1.11. The molecule has 1 aromatic rings. The van der Waals surface area contributed by atoms with Crippen molar-refractivity contribution in [2.45, 2.75) is 4.90 Å². The Kier molecular flexibility index (Phi) is 2.61. The minimum atomic E-state index is 1.11. The summed E-state index contributed by atoms with van der Waals surface area (Å²) in [5.74, 6) is 0. The standard InChI is InChI=1S/C7H7OS/c1-8-9-7-5-3-2-4-6-7/h3-6H,1H3. The molecule has 0 amide bonds. The summed E-state index contributed by atoms with van der Waals surface area (Å²) in [7, 11) is 1.65. The Morgan fingerprint density at radius 2 is 2.11 bits per heavy atom. The van der Waals surface area contributed by atoms with E-state index >= 15 is 0 Å². The van der Waals surface area contributed by atoms with E-state index in [1.807, 2.05) is 24.3 Å². The minimum Gasteiger partial charge on any atom is -0.314 e. The third-order valence-electron chi connectivity index (χ3n) is 0.867. The van der Waals surface area contributed by atoms with E-state index in [1.54, 1.807) is 7.11 Å². The van der Waals surface area contributed by atoms with Gasteiger partial charge in [-0.15, -0.1) is 0 Å². The van der Waals surface area contributed by atoms with Crippen LogP contribution in [0.4, 0.5) is 0 Å². The van der Waals surface area contributed by atoms with E-state index in [9.17, 15) is 0 Å². The first-order chi connectivity index (χ1) is 4.43. The normalized spacial score (nSPS) is 9.44. The molecule has 2 heteroatoms. The van der Waals surface area contributed by atoms with Gasteiger partial charge in [-0.3, -0.25) is 0 Å². The van der Waals surface area contributed by atoms with Gasteiger partial charge in [-0.25, -0.2) is 0 Å². The second-order valence-electron chi connectivity index (χ2n) is 1.49. The van der Waals surface area contributed by atoms with Crippen molar-refractivity contribution in [3.63, 3.8) is 0 Å². The summed E-state index contributed by atoms with van der Waals surface area (Å²) >= 11 is 1.36. The van der Waals surface area contributed by atoms with Gasteiger partial charge in [0.1, 0.15) is 0 Å². The quantitative estimate of drug-likeness (QED) is 0.580.